The maximum absolute atomic E-state index is 6.11. The van der Waals surface area contributed by atoms with E-state index in [0.717, 1.165) is 18.5 Å². The van der Waals surface area contributed by atoms with Gasteiger partial charge in [-0.2, -0.15) is 5.10 Å². The van der Waals surface area contributed by atoms with Crippen LogP contribution >= 0.6 is 11.6 Å². The van der Waals surface area contributed by atoms with Crippen molar-refractivity contribution in [2.24, 2.45) is 5.73 Å². The average molecular weight is 262 g/mol. The van der Waals surface area contributed by atoms with Gasteiger partial charge in [-0.25, -0.2) is 0 Å². The van der Waals surface area contributed by atoms with E-state index >= 15 is 0 Å². The van der Waals surface area contributed by atoms with Gasteiger partial charge in [0.2, 0.25) is 0 Å². The fraction of sp³-hybridized carbons (Fsp3) is 0.727. The van der Waals surface area contributed by atoms with Gasteiger partial charge in [-0.15, -0.1) is 0 Å². The first kappa shape index (κ1) is 14.4. The zero-order valence-corrected chi connectivity index (χ0v) is 11.1. The standard InChI is InChI=1S/C11H20ClN3O2/c1-16-6-3-4-10(13)11-9(12)8-14-15(11)5-7-17-2/h8,10H,3-7,13H2,1-2H3. The van der Waals surface area contributed by atoms with Crippen molar-refractivity contribution < 1.29 is 9.47 Å². The predicted octanol–water partition coefficient (Wildman–Crippen LogP) is 1.61. The summed E-state index contributed by atoms with van der Waals surface area (Å²) in [6, 6.07) is -0.114. The Morgan fingerprint density at radius 2 is 2.12 bits per heavy atom. The number of aromatic nitrogens is 2. The minimum Gasteiger partial charge on any atom is -0.385 e. The van der Waals surface area contributed by atoms with Crippen molar-refractivity contribution in [1.29, 1.82) is 0 Å². The van der Waals surface area contributed by atoms with Crippen LogP contribution in [0.4, 0.5) is 0 Å². The zero-order chi connectivity index (χ0) is 12.7. The highest BCUT2D eigenvalue weighted by molar-refractivity contribution is 6.31. The number of hydrogen-bond acceptors (Lipinski definition) is 4. The molecule has 2 N–H and O–H groups in total. The number of hydrogen-bond donors (Lipinski definition) is 1. The number of nitrogens with two attached hydrogens (primary N) is 1. The molecule has 1 heterocycles. The molecule has 0 spiro atoms. The van der Waals surface area contributed by atoms with Crippen molar-refractivity contribution in [2.45, 2.75) is 25.4 Å². The van der Waals surface area contributed by atoms with Gasteiger partial charge in [0.15, 0.2) is 0 Å². The Morgan fingerprint density at radius 1 is 1.41 bits per heavy atom. The molecule has 17 heavy (non-hydrogen) atoms. The van der Waals surface area contributed by atoms with E-state index in [1.165, 1.54) is 0 Å². The van der Waals surface area contributed by atoms with E-state index in [1.54, 1.807) is 20.4 Å². The van der Waals surface area contributed by atoms with Crippen LogP contribution in [0.25, 0.3) is 0 Å². The Labute approximate surface area is 107 Å². The van der Waals surface area contributed by atoms with Crippen molar-refractivity contribution in [2.75, 3.05) is 27.4 Å². The lowest BCUT2D eigenvalue weighted by molar-refractivity contribution is 0.180. The van der Waals surface area contributed by atoms with Gasteiger partial charge in [0.05, 0.1) is 30.1 Å². The molecule has 0 bridgehead atoms. The van der Waals surface area contributed by atoms with Crippen molar-refractivity contribution in [3.05, 3.63) is 16.9 Å². The molecule has 0 fully saturated rings. The second-order valence-electron chi connectivity index (χ2n) is 3.84. The summed E-state index contributed by atoms with van der Waals surface area (Å²) in [7, 11) is 3.34. The van der Waals surface area contributed by atoms with Gasteiger partial charge < -0.3 is 15.2 Å². The molecule has 0 aliphatic heterocycles. The number of methoxy groups -OCH3 is 2. The van der Waals surface area contributed by atoms with Crippen LogP contribution in [-0.4, -0.2) is 37.2 Å². The average Bonchev–Trinajstić information content (AvgIpc) is 2.68. The zero-order valence-electron chi connectivity index (χ0n) is 10.4. The second-order valence-corrected chi connectivity index (χ2v) is 4.24. The van der Waals surface area contributed by atoms with Gasteiger partial charge in [0.1, 0.15) is 0 Å². The van der Waals surface area contributed by atoms with E-state index in [-0.39, 0.29) is 6.04 Å². The predicted molar refractivity (Wildman–Crippen MR) is 67.2 cm³/mol. The summed E-state index contributed by atoms with van der Waals surface area (Å²) in [5.74, 6) is 0. The molecule has 0 aromatic carbocycles. The van der Waals surface area contributed by atoms with Crippen LogP contribution in [0.5, 0.6) is 0 Å². The quantitative estimate of drug-likeness (QED) is 0.722. The molecule has 0 amide bonds. The van der Waals surface area contributed by atoms with Gasteiger partial charge >= 0.3 is 0 Å². The second kappa shape index (κ2) is 7.66. The Morgan fingerprint density at radius 3 is 2.76 bits per heavy atom. The van der Waals surface area contributed by atoms with Crippen LogP contribution in [0.3, 0.4) is 0 Å². The topological polar surface area (TPSA) is 62.3 Å². The summed E-state index contributed by atoms with van der Waals surface area (Å²) in [6.07, 6.45) is 3.36. The number of ether oxygens (including phenoxy) is 2. The maximum atomic E-state index is 6.11. The molecular weight excluding hydrogens is 242 g/mol. The molecule has 0 saturated heterocycles. The fourth-order valence-corrected chi connectivity index (χ4v) is 1.96. The Kier molecular flexibility index (Phi) is 6.50. The SMILES string of the molecule is COCCCC(N)c1c(Cl)cnn1CCOC. The molecule has 0 radical (unpaired) electrons. The molecule has 1 aromatic rings. The van der Waals surface area contributed by atoms with Crippen LogP contribution in [0.2, 0.25) is 5.02 Å². The highest BCUT2D eigenvalue weighted by Crippen LogP contribution is 2.24. The number of halogens is 1. The highest BCUT2D eigenvalue weighted by Gasteiger charge is 2.16. The first-order chi connectivity index (χ1) is 8.20. The van der Waals surface area contributed by atoms with Gasteiger partial charge in [-0.1, -0.05) is 11.6 Å². The largest absolute Gasteiger partial charge is 0.385 e. The lowest BCUT2D eigenvalue weighted by Crippen LogP contribution is -2.19. The van der Waals surface area contributed by atoms with Crippen LogP contribution in [0, 0.1) is 0 Å². The third kappa shape index (κ3) is 4.27. The molecule has 5 nitrogen and oxygen atoms in total. The third-order valence-electron chi connectivity index (χ3n) is 2.56. The van der Waals surface area contributed by atoms with Crippen molar-refractivity contribution in [1.82, 2.24) is 9.78 Å². The highest BCUT2D eigenvalue weighted by atomic mass is 35.5. The third-order valence-corrected chi connectivity index (χ3v) is 2.85. The van der Waals surface area contributed by atoms with Gasteiger partial charge in [0, 0.05) is 26.9 Å². The number of rotatable bonds is 8. The summed E-state index contributed by atoms with van der Waals surface area (Å²) in [5, 5.41) is 4.81. The Bertz CT molecular complexity index is 331. The van der Waals surface area contributed by atoms with Gasteiger partial charge in [-0.05, 0) is 12.8 Å². The molecule has 98 valence electrons. The molecule has 0 aliphatic rings. The van der Waals surface area contributed by atoms with Crippen molar-refractivity contribution >= 4 is 11.6 Å². The van der Waals surface area contributed by atoms with Crippen molar-refractivity contribution in [3.8, 4) is 0 Å². The Hall–Kier alpha value is -0.620. The molecule has 1 rings (SSSR count). The van der Waals surface area contributed by atoms with E-state index in [9.17, 15) is 0 Å². The monoisotopic (exact) mass is 261 g/mol. The summed E-state index contributed by atoms with van der Waals surface area (Å²) in [5.41, 5.74) is 6.99. The molecule has 1 unspecified atom stereocenters. The van der Waals surface area contributed by atoms with E-state index in [1.807, 2.05) is 4.68 Å². The normalized spacial score (nSPS) is 12.9. The van der Waals surface area contributed by atoms with E-state index in [0.29, 0.717) is 24.8 Å². The minimum absolute atomic E-state index is 0.114. The number of nitrogens with zero attached hydrogens (tertiary/aromatic N) is 2. The fourth-order valence-electron chi connectivity index (χ4n) is 1.68. The smallest absolute Gasteiger partial charge is 0.0834 e. The summed E-state index contributed by atoms with van der Waals surface area (Å²) < 4.78 is 11.8. The first-order valence-corrected chi connectivity index (χ1v) is 6.03. The van der Waals surface area contributed by atoms with Crippen molar-refractivity contribution in [3.63, 3.8) is 0 Å². The Balaban J connectivity index is 2.63. The molecular formula is C11H20ClN3O2. The summed E-state index contributed by atoms with van der Waals surface area (Å²) in [6.45, 7) is 1.96. The van der Waals surface area contributed by atoms with Crippen LogP contribution in [0.1, 0.15) is 24.6 Å². The lowest BCUT2D eigenvalue weighted by Gasteiger charge is -2.14. The molecule has 1 atom stereocenters. The summed E-state index contributed by atoms with van der Waals surface area (Å²) in [4.78, 5) is 0. The van der Waals surface area contributed by atoms with Gasteiger partial charge in [0.25, 0.3) is 0 Å². The molecule has 1 aromatic heterocycles. The van der Waals surface area contributed by atoms with Crippen LogP contribution in [-0.2, 0) is 16.0 Å². The van der Waals surface area contributed by atoms with E-state index < -0.39 is 0 Å². The van der Waals surface area contributed by atoms with E-state index in [2.05, 4.69) is 5.10 Å². The van der Waals surface area contributed by atoms with Crippen LogP contribution < -0.4 is 5.73 Å². The van der Waals surface area contributed by atoms with E-state index in [4.69, 9.17) is 26.8 Å². The minimum atomic E-state index is -0.114. The lowest BCUT2D eigenvalue weighted by atomic mass is 10.1. The maximum Gasteiger partial charge on any atom is 0.0834 e. The molecule has 6 heteroatoms. The summed E-state index contributed by atoms with van der Waals surface area (Å²) >= 11 is 6.10. The van der Waals surface area contributed by atoms with Gasteiger partial charge in [-0.3, -0.25) is 4.68 Å². The molecule has 0 aliphatic carbocycles. The first-order valence-electron chi connectivity index (χ1n) is 5.65. The molecule has 0 saturated carbocycles. The van der Waals surface area contributed by atoms with Crippen LogP contribution in [0.15, 0.2) is 6.20 Å².